The molecule has 2 amide bonds. The van der Waals surface area contributed by atoms with Gasteiger partial charge in [0.15, 0.2) is 17.3 Å². The SMILES string of the molecule is CCCCc1ccc(-c2cccc(C(=O)C[C@@H](CCCCN)C(=O)N(C)[C@@H]3C(=O)C[C@@H](C)C(=O)N[C@H](C(C)=O)Cc4ccc(OCCN)c(c4)-c4cc3ccc4OCCN)c2)cc1. The van der Waals surface area contributed by atoms with Gasteiger partial charge in [0.2, 0.25) is 11.8 Å². The maximum atomic E-state index is 14.9. The van der Waals surface area contributed by atoms with Crippen LogP contribution < -0.4 is 32.0 Å². The number of hydrogen-bond acceptors (Lipinski definition) is 10. The Morgan fingerprint density at radius 2 is 1.48 bits per heavy atom. The number of likely N-dealkylation sites (N-methyl/N-ethyl adjacent to an activating group) is 1. The van der Waals surface area contributed by atoms with E-state index in [4.69, 9.17) is 26.7 Å². The zero-order chi connectivity index (χ0) is 45.5. The number of nitrogens with zero attached hydrogens (tertiary/aromatic N) is 1. The number of benzene rings is 4. The zero-order valence-corrected chi connectivity index (χ0v) is 37.3. The van der Waals surface area contributed by atoms with Crippen molar-refractivity contribution in [3.8, 4) is 33.8 Å². The lowest BCUT2D eigenvalue weighted by Crippen LogP contribution is -2.45. The van der Waals surface area contributed by atoms with Gasteiger partial charge in [0.1, 0.15) is 30.8 Å². The third kappa shape index (κ3) is 12.9. The third-order valence-corrected chi connectivity index (χ3v) is 11.7. The fraction of sp³-hybridized carbons (Fsp3) is 0.431. The highest BCUT2D eigenvalue weighted by Gasteiger charge is 2.36. The number of hydrogen-bond donors (Lipinski definition) is 4. The smallest absolute Gasteiger partial charge is 0.226 e. The van der Waals surface area contributed by atoms with E-state index < -0.39 is 29.8 Å². The largest absolute Gasteiger partial charge is 0.492 e. The molecule has 1 aliphatic rings. The van der Waals surface area contributed by atoms with E-state index in [2.05, 4.69) is 36.5 Å². The van der Waals surface area contributed by atoms with Crippen LogP contribution in [0.2, 0.25) is 0 Å². The molecule has 4 atom stereocenters. The highest BCUT2D eigenvalue weighted by Crippen LogP contribution is 2.41. The Labute approximate surface area is 372 Å². The number of nitrogens with one attached hydrogen (secondary N) is 1. The fourth-order valence-corrected chi connectivity index (χ4v) is 8.13. The van der Waals surface area contributed by atoms with Crippen LogP contribution >= 0.6 is 0 Å². The number of ketones is 3. The van der Waals surface area contributed by atoms with Crippen LogP contribution in [0, 0.1) is 11.8 Å². The predicted octanol–water partition coefficient (Wildman–Crippen LogP) is 6.78. The number of Topliss-reactive ketones (excluding diaryl/α,β-unsaturated/α-hetero) is 3. The van der Waals surface area contributed by atoms with Gasteiger partial charge in [-0.3, -0.25) is 24.0 Å². The average Bonchev–Trinajstić information content (AvgIpc) is 3.28. The maximum absolute atomic E-state index is 14.9. The van der Waals surface area contributed by atoms with Crippen LogP contribution in [0.4, 0.5) is 0 Å². The lowest BCUT2D eigenvalue weighted by molar-refractivity contribution is -0.142. The van der Waals surface area contributed by atoms with Crippen molar-refractivity contribution in [1.29, 1.82) is 0 Å². The molecule has 12 nitrogen and oxygen atoms in total. The van der Waals surface area contributed by atoms with Gasteiger partial charge < -0.3 is 36.9 Å². The van der Waals surface area contributed by atoms with Crippen LogP contribution in [-0.2, 0) is 32.0 Å². The summed E-state index contributed by atoms with van der Waals surface area (Å²) in [6.07, 6.45) is 4.79. The van der Waals surface area contributed by atoms with Crippen molar-refractivity contribution < 1.29 is 33.4 Å². The number of amides is 2. The molecule has 4 aromatic rings. The highest BCUT2D eigenvalue weighted by atomic mass is 16.5. The van der Waals surface area contributed by atoms with Gasteiger partial charge in [0, 0.05) is 61.5 Å². The van der Waals surface area contributed by atoms with Gasteiger partial charge in [0.05, 0.1) is 6.04 Å². The van der Waals surface area contributed by atoms with Gasteiger partial charge in [-0.05, 0) is 104 Å². The molecular weight excluding hydrogens is 795 g/mol. The van der Waals surface area contributed by atoms with Gasteiger partial charge in [0.25, 0.3) is 0 Å². The van der Waals surface area contributed by atoms with Crippen LogP contribution in [0.15, 0.2) is 84.9 Å². The minimum atomic E-state index is -1.16. The molecule has 4 aromatic carbocycles. The number of fused-ring (bicyclic) bond motifs is 5. The molecule has 0 saturated heterocycles. The van der Waals surface area contributed by atoms with Gasteiger partial charge in [-0.1, -0.05) is 81.3 Å². The van der Waals surface area contributed by atoms with Gasteiger partial charge >= 0.3 is 0 Å². The summed E-state index contributed by atoms with van der Waals surface area (Å²) in [7, 11) is 1.57. The number of ether oxygens (including phenoxy) is 2. The molecule has 0 aliphatic carbocycles. The lowest BCUT2D eigenvalue weighted by Gasteiger charge is -2.32. The monoisotopic (exact) mass is 859 g/mol. The Kier molecular flexibility index (Phi) is 18.2. The van der Waals surface area contributed by atoms with Crippen molar-refractivity contribution in [2.24, 2.45) is 29.0 Å². The Morgan fingerprint density at radius 3 is 2.13 bits per heavy atom. The topological polar surface area (TPSA) is 197 Å². The summed E-state index contributed by atoms with van der Waals surface area (Å²) in [5.74, 6) is -2.30. The van der Waals surface area contributed by atoms with Crippen molar-refractivity contribution in [1.82, 2.24) is 10.2 Å². The number of carbonyl (C=O) groups is 5. The Hall–Kier alpha value is -5.69. The number of aryl methyl sites for hydroxylation is 1. The number of nitrogens with two attached hydrogens (primary N) is 3. The van der Waals surface area contributed by atoms with E-state index in [1.807, 2.05) is 36.4 Å². The number of unbranched alkanes of at least 4 members (excludes halogenated alkanes) is 2. The first kappa shape index (κ1) is 48.3. The summed E-state index contributed by atoms with van der Waals surface area (Å²) in [6, 6.07) is 24.6. The summed E-state index contributed by atoms with van der Waals surface area (Å²) >= 11 is 0. The first-order chi connectivity index (χ1) is 30.4. The summed E-state index contributed by atoms with van der Waals surface area (Å²) in [5.41, 5.74) is 23.7. The maximum Gasteiger partial charge on any atom is 0.226 e. The van der Waals surface area contributed by atoms with Crippen molar-refractivity contribution >= 4 is 29.2 Å². The quantitative estimate of drug-likeness (QED) is 0.0543. The van der Waals surface area contributed by atoms with Crippen LogP contribution in [0.5, 0.6) is 11.5 Å². The van der Waals surface area contributed by atoms with E-state index >= 15 is 0 Å². The molecule has 0 fully saturated rings. The molecule has 12 heteroatoms. The lowest BCUT2D eigenvalue weighted by atomic mass is 9.87. The highest BCUT2D eigenvalue weighted by molar-refractivity contribution is 6.00. The standard InChI is InChI=1S/C51H65N5O7/c1-5-6-10-35-14-17-37(18-15-35)38-12-9-13-39(30-38)45(58)32-41(11-7-8-22-52)51(61)56(4)49-40-19-21-48(63-26-24-54)43(31-40)42-28-36(16-20-47(42)62-25-23-53)29-44(34(3)57)55-50(60)33(2)27-46(49)59/h9,12-21,28,30-31,33,41,44,49H,5-8,10-11,22-27,29,32,52-54H2,1-4H3,(H,55,60)/t33-,41-,44+,49+/m1/s1. The van der Waals surface area contributed by atoms with Gasteiger partial charge in [-0.15, -0.1) is 0 Å². The molecule has 0 radical (unpaired) electrons. The summed E-state index contributed by atoms with van der Waals surface area (Å²) in [5, 5.41) is 2.86. The molecular formula is C51H65N5O7. The van der Waals surface area contributed by atoms with E-state index in [1.54, 1.807) is 38.2 Å². The molecule has 336 valence electrons. The minimum Gasteiger partial charge on any atom is -0.492 e. The first-order valence-electron chi connectivity index (χ1n) is 22.3. The molecule has 0 aromatic heterocycles. The Bertz CT molecular complexity index is 2210. The van der Waals surface area contributed by atoms with Crippen LogP contribution in [-0.4, -0.2) is 80.0 Å². The zero-order valence-electron chi connectivity index (χ0n) is 37.3. The van der Waals surface area contributed by atoms with E-state index in [0.29, 0.717) is 59.6 Å². The fourth-order valence-electron chi connectivity index (χ4n) is 8.13. The van der Waals surface area contributed by atoms with Crippen LogP contribution in [0.25, 0.3) is 22.3 Å². The molecule has 5 rings (SSSR count). The molecule has 4 bridgehead atoms. The second-order valence-corrected chi connectivity index (χ2v) is 16.6. The Morgan fingerprint density at radius 1 is 0.794 bits per heavy atom. The van der Waals surface area contributed by atoms with Crippen molar-refractivity contribution in [2.75, 3.05) is 39.9 Å². The van der Waals surface area contributed by atoms with E-state index in [1.165, 1.54) is 17.4 Å². The van der Waals surface area contributed by atoms with Crippen molar-refractivity contribution in [2.45, 2.75) is 90.6 Å². The molecule has 0 spiro atoms. The molecule has 1 aliphatic heterocycles. The van der Waals surface area contributed by atoms with Crippen molar-refractivity contribution in [3.05, 3.63) is 107 Å². The normalized spacial score (nSPS) is 17.0. The van der Waals surface area contributed by atoms with Gasteiger partial charge in [-0.2, -0.15) is 0 Å². The predicted molar refractivity (Wildman–Crippen MR) is 247 cm³/mol. The second kappa shape index (κ2) is 23.7. The first-order valence-corrected chi connectivity index (χ1v) is 22.3. The van der Waals surface area contributed by atoms with E-state index in [9.17, 15) is 24.0 Å². The third-order valence-electron chi connectivity index (χ3n) is 11.7. The van der Waals surface area contributed by atoms with Crippen LogP contribution in [0.3, 0.4) is 0 Å². The summed E-state index contributed by atoms with van der Waals surface area (Å²) in [4.78, 5) is 71.8. The molecule has 0 saturated carbocycles. The van der Waals surface area contributed by atoms with Gasteiger partial charge in [-0.25, -0.2) is 0 Å². The van der Waals surface area contributed by atoms with E-state index in [-0.39, 0.29) is 68.8 Å². The second-order valence-electron chi connectivity index (χ2n) is 16.6. The minimum absolute atomic E-state index is 0.0783. The van der Waals surface area contributed by atoms with Crippen molar-refractivity contribution in [3.63, 3.8) is 0 Å². The molecule has 63 heavy (non-hydrogen) atoms. The molecule has 7 N–H and O–H groups in total. The Balaban J connectivity index is 1.56. The number of rotatable bonds is 20. The van der Waals surface area contributed by atoms with E-state index in [0.717, 1.165) is 36.0 Å². The average molecular weight is 860 g/mol. The molecule has 1 heterocycles. The summed E-state index contributed by atoms with van der Waals surface area (Å²) < 4.78 is 12.3. The van der Waals surface area contributed by atoms with Crippen LogP contribution in [0.1, 0.15) is 98.8 Å². The number of carbonyl (C=O) groups excluding carboxylic acids is 5. The molecule has 0 unspecified atom stereocenters. The summed E-state index contributed by atoms with van der Waals surface area (Å²) in [6.45, 7) is 6.57.